The SMILES string of the molecule is N=C(c1cccc(-c2cccc3c2oc2ccccc23)c1)c1ccccc1N. The van der Waals surface area contributed by atoms with Crippen molar-refractivity contribution in [2.75, 3.05) is 5.73 Å². The summed E-state index contributed by atoms with van der Waals surface area (Å²) in [5.41, 5.74) is 12.4. The van der Waals surface area contributed by atoms with Gasteiger partial charge < -0.3 is 10.2 Å². The van der Waals surface area contributed by atoms with Crippen LogP contribution in [-0.4, -0.2) is 5.71 Å². The van der Waals surface area contributed by atoms with E-state index in [4.69, 9.17) is 15.6 Å². The van der Waals surface area contributed by atoms with Gasteiger partial charge in [0.2, 0.25) is 0 Å². The molecule has 0 radical (unpaired) electrons. The van der Waals surface area contributed by atoms with Crippen LogP contribution in [0.5, 0.6) is 0 Å². The maximum Gasteiger partial charge on any atom is 0.143 e. The normalized spacial score (nSPS) is 11.1. The molecule has 0 aliphatic carbocycles. The second-order valence-electron chi connectivity index (χ2n) is 6.82. The first-order valence-electron chi connectivity index (χ1n) is 9.17. The van der Waals surface area contributed by atoms with E-state index in [1.807, 2.05) is 72.8 Å². The van der Waals surface area contributed by atoms with Crippen molar-refractivity contribution >= 4 is 33.3 Å². The highest BCUT2D eigenvalue weighted by molar-refractivity contribution is 6.15. The molecule has 5 rings (SSSR count). The lowest BCUT2D eigenvalue weighted by molar-refractivity contribution is 0.670. The molecule has 3 nitrogen and oxygen atoms in total. The highest BCUT2D eigenvalue weighted by Crippen LogP contribution is 2.36. The van der Waals surface area contributed by atoms with E-state index in [0.717, 1.165) is 44.2 Å². The quantitative estimate of drug-likeness (QED) is 0.294. The largest absolute Gasteiger partial charge is 0.455 e. The van der Waals surface area contributed by atoms with Gasteiger partial charge in [0, 0.05) is 33.2 Å². The molecule has 0 spiro atoms. The smallest absolute Gasteiger partial charge is 0.143 e. The summed E-state index contributed by atoms with van der Waals surface area (Å²) in [4.78, 5) is 0. The Bertz CT molecular complexity index is 1350. The summed E-state index contributed by atoms with van der Waals surface area (Å²) in [6.07, 6.45) is 0. The fraction of sp³-hybridized carbons (Fsp3) is 0. The Morgan fingerprint density at radius 3 is 2.39 bits per heavy atom. The molecule has 0 atom stereocenters. The number of fused-ring (bicyclic) bond motifs is 3. The van der Waals surface area contributed by atoms with Crippen molar-refractivity contribution in [2.45, 2.75) is 0 Å². The third-order valence-corrected chi connectivity index (χ3v) is 5.10. The molecule has 0 saturated heterocycles. The Kier molecular flexibility index (Phi) is 3.73. The van der Waals surface area contributed by atoms with E-state index in [1.165, 1.54) is 0 Å². The van der Waals surface area contributed by atoms with Gasteiger partial charge in [0.05, 0.1) is 5.71 Å². The van der Waals surface area contributed by atoms with Crippen molar-refractivity contribution in [2.24, 2.45) is 0 Å². The highest BCUT2D eigenvalue weighted by atomic mass is 16.3. The fourth-order valence-electron chi connectivity index (χ4n) is 3.70. The molecule has 0 bridgehead atoms. The fourth-order valence-corrected chi connectivity index (χ4v) is 3.70. The van der Waals surface area contributed by atoms with Crippen molar-refractivity contribution < 1.29 is 4.42 Å². The van der Waals surface area contributed by atoms with Gasteiger partial charge in [-0.05, 0) is 23.8 Å². The Labute approximate surface area is 162 Å². The third kappa shape index (κ3) is 2.57. The number of anilines is 1. The Balaban J connectivity index is 1.66. The minimum atomic E-state index is 0.414. The third-order valence-electron chi connectivity index (χ3n) is 5.10. The van der Waals surface area contributed by atoms with E-state index in [9.17, 15) is 0 Å². The average Bonchev–Trinajstić information content (AvgIpc) is 3.12. The minimum absolute atomic E-state index is 0.414. The summed E-state index contributed by atoms with van der Waals surface area (Å²) in [5.74, 6) is 0. The van der Waals surface area contributed by atoms with Crippen LogP contribution in [0, 0.1) is 5.41 Å². The van der Waals surface area contributed by atoms with E-state index in [0.29, 0.717) is 11.4 Å². The van der Waals surface area contributed by atoms with Gasteiger partial charge in [0.15, 0.2) is 0 Å². The molecule has 0 aliphatic rings. The summed E-state index contributed by atoms with van der Waals surface area (Å²) in [5, 5.41) is 10.8. The van der Waals surface area contributed by atoms with E-state index in [-0.39, 0.29) is 0 Å². The molecular weight excluding hydrogens is 344 g/mol. The van der Waals surface area contributed by atoms with Crippen LogP contribution in [0.3, 0.4) is 0 Å². The van der Waals surface area contributed by atoms with Crippen LogP contribution in [0.2, 0.25) is 0 Å². The zero-order valence-corrected chi connectivity index (χ0v) is 15.1. The first-order valence-corrected chi connectivity index (χ1v) is 9.17. The number of nitrogen functional groups attached to an aromatic ring is 1. The predicted molar refractivity (Wildman–Crippen MR) is 116 cm³/mol. The van der Waals surface area contributed by atoms with Crippen LogP contribution < -0.4 is 5.73 Å². The van der Waals surface area contributed by atoms with E-state index in [2.05, 4.69) is 18.2 Å². The molecular formula is C25H18N2O. The van der Waals surface area contributed by atoms with Gasteiger partial charge in [-0.2, -0.15) is 0 Å². The van der Waals surface area contributed by atoms with Crippen molar-refractivity contribution in [1.82, 2.24) is 0 Å². The molecule has 0 saturated carbocycles. The zero-order chi connectivity index (χ0) is 19.1. The number of benzene rings is 4. The molecule has 0 aliphatic heterocycles. The summed E-state index contributed by atoms with van der Waals surface area (Å²) in [7, 11) is 0. The van der Waals surface area contributed by atoms with Gasteiger partial charge in [0.25, 0.3) is 0 Å². The lowest BCUT2D eigenvalue weighted by atomic mass is 9.96. The number of para-hydroxylation sites is 3. The number of nitrogens with one attached hydrogen (secondary N) is 1. The zero-order valence-electron chi connectivity index (χ0n) is 15.1. The van der Waals surface area contributed by atoms with Gasteiger partial charge >= 0.3 is 0 Å². The molecule has 5 aromatic rings. The first-order chi connectivity index (χ1) is 13.7. The van der Waals surface area contributed by atoms with E-state index in [1.54, 1.807) is 0 Å². The monoisotopic (exact) mass is 362 g/mol. The van der Waals surface area contributed by atoms with Crippen molar-refractivity contribution in [1.29, 1.82) is 5.41 Å². The average molecular weight is 362 g/mol. The maximum atomic E-state index is 8.62. The number of furan rings is 1. The van der Waals surface area contributed by atoms with Gasteiger partial charge in [-0.1, -0.05) is 72.8 Å². The van der Waals surface area contributed by atoms with Gasteiger partial charge in [-0.3, -0.25) is 5.41 Å². The summed E-state index contributed by atoms with van der Waals surface area (Å²) >= 11 is 0. The van der Waals surface area contributed by atoms with E-state index >= 15 is 0 Å². The van der Waals surface area contributed by atoms with Crippen LogP contribution in [0.1, 0.15) is 11.1 Å². The number of hydrogen-bond donors (Lipinski definition) is 2. The predicted octanol–water partition coefficient (Wildman–Crippen LogP) is 6.25. The van der Waals surface area contributed by atoms with Crippen molar-refractivity contribution in [3.8, 4) is 11.1 Å². The van der Waals surface area contributed by atoms with Gasteiger partial charge in [-0.15, -0.1) is 0 Å². The van der Waals surface area contributed by atoms with Crippen molar-refractivity contribution in [3.63, 3.8) is 0 Å². The Morgan fingerprint density at radius 2 is 1.50 bits per heavy atom. The van der Waals surface area contributed by atoms with Crippen LogP contribution in [0.15, 0.2) is 95.4 Å². The molecule has 0 unspecified atom stereocenters. The van der Waals surface area contributed by atoms with Crippen LogP contribution in [0.4, 0.5) is 5.69 Å². The highest BCUT2D eigenvalue weighted by Gasteiger charge is 2.13. The molecule has 1 aromatic heterocycles. The molecule has 0 amide bonds. The van der Waals surface area contributed by atoms with Crippen molar-refractivity contribution in [3.05, 3.63) is 102 Å². The van der Waals surface area contributed by atoms with Crippen LogP contribution in [0.25, 0.3) is 33.1 Å². The number of hydrogen-bond acceptors (Lipinski definition) is 3. The molecule has 4 aromatic carbocycles. The second-order valence-corrected chi connectivity index (χ2v) is 6.82. The summed E-state index contributed by atoms with van der Waals surface area (Å²) in [6.45, 7) is 0. The van der Waals surface area contributed by atoms with Gasteiger partial charge in [0.1, 0.15) is 11.2 Å². The second kappa shape index (κ2) is 6.39. The molecule has 3 N–H and O–H groups in total. The standard InChI is InChI=1S/C25H18N2O/c26-22-13-3-1-10-21(22)24(27)17-8-5-7-16(15-17)18-11-6-12-20-19-9-2-4-14-23(19)28-25(18)20/h1-15,27H,26H2. The topological polar surface area (TPSA) is 63.0 Å². The minimum Gasteiger partial charge on any atom is -0.455 e. The number of nitrogens with two attached hydrogens (primary N) is 1. The number of rotatable bonds is 3. The lowest BCUT2D eigenvalue weighted by Gasteiger charge is -2.10. The molecule has 3 heteroatoms. The summed E-state index contributed by atoms with van der Waals surface area (Å²) < 4.78 is 6.17. The van der Waals surface area contributed by atoms with Crippen LogP contribution in [-0.2, 0) is 0 Å². The first kappa shape index (κ1) is 16.3. The Morgan fingerprint density at radius 1 is 0.750 bits per heavy atom. The van der Waals surface area contributed by atoms with E-state index < -0.39 is 0 Å². The Hall–Kier alpha value is -3.85. The maximum absolute atomic E-state index is 8.62. The van der Waals surface area contributed by atoms with Crippen LogP contribution >= 0.6 is 0 Å². The lowest BCUT2D eigenvalue weighted by Crippen LogP contribution is -2.05. The molecule has 28 heavy (non-hydrogen) atoms. The molecule has 1 heterocycles. The molecule has 134 valence electrons. The molecule has 0 fully saturated rings. The summed E-state index contributed by atoms with van der Waals surface area (Å²) in [6, 6.07) is 29.7. The van der Waals surface area contributed by atoms with Gasteiger partial charge in [-0.25, -0.2) is 0 Å².